The maximum absolute atomic E-state index is 12.1. The van der Waals surface area contributed by atoms with Crippen LogP contribution in [0.4, 0.5) is 0 Å². The second-order valence-electron chi connectivity index (χ2n) is 7.13. The fraction of sp³-hybridized carbons (Fsp3) is 0.316. The van der Waals surface area contributed by atoms with E-state index >= 15 is 0 Å². The molecule has 1 amide bonds. The number of carbonyl (C=O) groups is 1. The topological polar surface area (TPSA) is 112 Å². The first-order chi connectivity index (χ1) is 14.2. The number of ether oxygens (including phenoxy) is 2. The Morgan fingerprint density at radius 2 is 2.13 bits per heavy atom. The number of sulfonamides is 1. The lowest BCUT2D eigenvalue weighted by molar-refractivity contribution is -0.0514. The van der Waals surface area contributed by atoms with E-state index in [-0.39, 0.29) is 5.56 Å². The Kier molecular flexibility index (Phi) is 5.39. The molecule has 2 aromatic heterocycles. The van der Waals surface area contributed by atoms with Crippen LogP contribution in [-0.4, -0.2) is 55.2 Å². The van der Waals surface area contributed by atoms with E-state index < -0.39 is 15.9 Å². The summed E-state index contributed by atoms with van der Waals surface area (Å²) in [5, 5.41) is 5.58. The molecule has 0 bridgehead atoms. The molecule has 30 heavy (non-hydrogen) atoms. The molecule has 0 aliphatic carbocycles. The Balaban J connectivity index is 1.62. The van der Waals surface area contributed by atoms with E-state index in [0.29, 0.717) is 53.4 Å². The minimum atomic E-state index is -3.65. The standard InChI is InChI=1S/C19H19ClN4O5S/c1-11-15-5-13(18(25)23-30(2,26)27)3-4-17(15)24(22-11)14-6-16(20)19(21-7-14)29-10-12-8-28-9-12/h3-7,12H,8-10H2,1-2H3,(H,23,25). The summed E-state index contributed by atoms with van der Waals surface area (Å²) >= 11 is 6.34. The van der Waals surface area contributed by atoms with E-state index in [4.69, 9.17) is 21.1 Å². The molecule has 0 saturated carbocycles. The van der Waals surface area contributed by atoms with Crippen LogP contribution >= 0.6 is 11.6 Å². The SMILES string of the molecule is Cc1nn(-c2cnc(OCC3COC3)c(Cl)c2)c2ccc(C(=O)NS(C)(=O)=O)cc12. The average Bonchev–Trinajstić information content (AvgIpc) is 2.96. The van der Waals surface area contributed by atoms with Crippen LogP contribution in [-0.2, 0) is 14.8 Å². The average molecular weight is 451 g/mol. The largest absolute Gasteiger partial charge is 0.476 e. The number of fused-ring (bicyclic) bond motifs is 1. The summed E-state index contributed by atoms with van der Waals surface area (Å²) < 4.78 is 37.0. The van der Waals surface area contributed by atoms with Crippen molar-refractivity contribution in [2.45, 2.75) is 6.92 Å². The lowest BCUT2D eigenvalue weighted by atomic mass is 10.1. The molecule has 0 radical (unpaired) electrons. The minimum Gasteiger partial charge on any atom is -0.476 e. The van der Waals surface area contributed by atoms with Crippen molar-refractivity contribution in [2.24, 2.45) is 5.92 Å². The van der Waals surface area contributed by atoms with Gasteiger partial charge in [-0.3, -0.25) is 4.79 Å². The second-order valence-corrected chi connectivity index (χ2v) is 9.28. The highest BCUT2D eigenvalue weighted by molar-refractivity contribution is 7.89. The molecular weight excluding hydrogens is 432 g/mol. The van der Waals surface area contributed by atoms with E-state index in [1.54, 1.807) is 36.0 Å². The van der Waals surface area contributed by atoms with Gasteiger partial charge in [0.15, 0.2) is 0 Å². The van der Waals surface area contributed by atoms with E-state index in [2.05, 4.69) is 10.1 Å². The number of nitrogens with one attached hydrogen (secondary N) is 1. The number of aromatic nitrogens is 3. The van der Waals surface area contributed by atoms with Gasteiger partial charge in [0.05, 0.1) is 49.2 Å². The monoisotopic (exact) mass is 450 g/mol. The van der Waals surface area contributed by atoms with Crippen molar-refractivity contribution in [3.05, 3.63) is 46.7 Å². The predicted octanol–water partition coefficient (Wildman–Crippen LogP) is 2.10. The number of rotatable bonds is 6. The molecule has 3 aromatic rings. The number of nitrogens with zero attached hydrogens (tertiary/aromatic N) is 3. The van der Waals surface area contributed by atoms with Gasteiger partial charge in [-0.25, -0.2) is 22.8 Å². The van der Waals surface area contributed by atoms with Crippen molar-refractivity contribution in [1.29, 1.82) is 0 Å². The summed E-state index contributed by atoms with van der Waals surface area (Å²) in [6.45, 7) is 3.65. The number of aryl methyl sites for hydroxylation is 1. The molecule has 1 N–H and O–H groups in total. The van der Waals surface area contributed by atoms with Gasteiger partial charge in [-0.05, 0) is 31.2 Å². The number of amides is 1. The summed E-state index contributed by atoms with van der Waals surface area (Å²) in [4.78, 5) is 16.4. The first-order valence-electron chi connectivity index (χ1n) is 9.09. The van der Waals surface area contributed by atoms with Crippen LogP contribution < -0.4 is 9.46 Å². The van der Waals surface area contributed by atoms with Crippen molar-refractivity contribution in [1.82, 2.24) is 19.5 Å². The van der Waals surface area contributed by atoms with Gasteiger partial charge in [0.25, 0.3) is 5.91 Å². The molecular formula is C19H19ClN4O5S. The van der Waals surface area contributed by atoms with Gasteiger partial charge in [-0.15, -0.1) is 0 Å². The van der Waals surface area contributed by atoms with Crippen molar-refractivity contribution in [3.8, 4) is 11.6 Å². The van der Waals surface area contributed by atoms with Crippen LogP contribution in [0.2, 0.25) is 5.02 Å². The maximum Gasteiger partial charge on any atom is 0.264 e. The molecule has 11 heteroatoms. The van der Waals surface area contributed by atoms with Gasteiger partial charge in [0.1, 0.15) is 5.02 Å². The van der Waals surface area contributed by atoms with E-state index in [1.807, 2.05) is 4.72 Å². The van der Waals surface area contributed by atoms with Crippen LogP contribution in [0.3, 0.4) is 0 Å². The molecule has 4 rings (SSSR count). The lowest BCUT2D eigenvalue weighted by Gasteiger charge is -2.25. The van der Waals surface area contributed by atoms with Crippen LogP contribution in [0.5, 0.6) is 5.88 Å². The number of carbonyl (C=O) groups excluding carboxylic acids is 1. The highest BCUT2D eigenvalue weighted by Gasteiger charge is 2.20. The summed E-state index contributed by atoms with van der Waals surface area (Å²) in [6.07, 6.45) is 2.53. The van der Waals surface area contributed by atoms with Gasteiger partial charge in [0, 0.05) is 16.9 Å². The number of pyridine rings is 1. The maximum atomic E-state index is 12.1. The summed E-state index contributed by atoms with van der Waals surface area (Å²) in [7, 11) is -3.65. The number of halogens is 1. The van der Waals surface area contributed by atoms with Crippen molar-refractivity contribution in [2.75, 3.05) is 26.1 Å². The summed E-state index contributed by atoms with van der Waals surface area (Å²) in [5.74, 6) is 0.00389. The fourth-order valence-electron chi connectivity index (χ4n) is 3.05. The van der Waals surface area contributed by atoms with Gasteiger partial charge in [0.2, 0.25) is 15.9 Å². The van der Waals surface area contributed by atoms with Gasteiger partial charge in [-0.1, -0.05) is 11.6 Å². The molecule has 9 nitrogen and oxygen atoms in total. The molecule has 1 saturated heterocycles. The summed E-state index contributed by atoms with van der Waals surface area (Å²) in [6, 6.07) is 6.54. The zero-order valence-electron chi connectivity index (χ0n) is 16.3. The zero-order valence-corrected chi connectivity index (χ0v) is 17.8. The van der Waals surface area contributed by atoms with Gasteiger partial charge < -0.3 is 9.47 Å². The van der Waals surface area contributed by atoms with Crippen molar-refractivity contribution in [3.63, 3.8) is 0 Å². The smallest absolute Gasteiger partial charge is 0.264 e. The molecule has 1 aliphatic heterocycles. The Bertz CT molecular complexity index is 1240. The van der Waals surface area contributed by atoms with Crippen LogP contribution in [0.1, 0.15) is 16.1 Å². The molecule has 0 unspecified atom stereocenters. The molecule has 3 heterocycles. The Morgan fingerprint density at radius 3 is 2.77 bits per heavy atom. The number of hydrogen-bond acceptors (Lipinski definition) is 7. The van der Waals surface area contributed by atoms with E-state index in [9.17, 15) is 13.2 Å². The normalized spacial score (nSPS) is 14.5. The van der Waals surface area contributed by atoms with Crippen LogP contribution in [0, 0.1) is 12.8 Å². The molecule has 158 valence electrons. The molecule has 1 fully saturated rings. The van der Waals surface area contributed by atoms with Crippen LogP contribution in [0.15, 0.2) is 30.5 Å². The number of hydrogen-bond donors (Lipinski definition) is 1. The minimum absolute atomic E-state index is 0.218. The summed E-state index contributed by atoms with van der Waals surface area (Å²) in [5.41, 5.74) is 2.24. The Morgan fingerprint density at radius 1 is 1.37 bits per heavy atom. The number of benzene rings is 1. The highest BCUT2D eigenvalue weighted by atomic mass is 35.5. The predicted molar refractivity (Wildman–Crippen MR) is 111 cm³/mol. The first kappa shape index (κ1) is 20.6. The molecule has 1 aliphatic rings. The molecule has 1 aromatic carbocycles. The fourth-order valence-corrected chi connectivity index (χ4v) is 3.72. The van der Waals surface area contributed by atoms with Crippen molar-refractivity contribution < 1.29 is 22.7 Å². The van der Waals surface area contributed by atoms with Crippen molar-refractivity contribution >= 4 is 38.4 Å². The third kappa shape index (κ3) is 4.25. The van der Waals surface area contributed by atoms with Crippen LogP contribution in [0.25, 0.3) is 16.6 Å². The molecule has 0 atom stereocenters. The third-order valence-corrected chi connectivity index (χ3v) is 5.43. The Hall–Kier alpha value is -2.69. The zero-order chi connectivity index (χ0) is 21.5. The quantitative estimate of drug-likeness (QED) is 0.611. The Labute approximate surface area is 178 Å². The highest BCUT2D eigenvalue weighted by Crippen LogP contribution is 2.28. The lowest BCUT2D eigenvalue weighted by Crippen LogP contribution is -2.32. The first-order valence-corrected chi connectivity index (χ1v) is 11.4. The van der Waals surface area contributed by atoms with Gasteiger partial charge in [-0.2, -0.15) is 5.10 Å². The van der Waals surface area contributed by atoms with E-state index in [0.717, 1.165) is 11.8 Å². The third-order valence-electron chi connectivity index (χ3n) is 4.61. The van der Waals surface area contributed by atoms with Gasteiger partial charge >= 0.3 is 0 Å². The van der Waals surface area contributed by atoms with E-state index in [1.165, 1.54) is 6.07 Å². The molecule has 0 spiro atoms. The second kappa shape index (κ2) is 7.86.